The van der Waals surface area contributed by atoms with Crippen LogP contribution in [0.5, 0.6) is 0 Å². The Bertz CT molecular complexity index is 1640. The maximum absolute atomic E-state index is 13.4. The van der Waals surface area contributed by atoms with Crippen LogP contribution in [-0.4, -0.2) is 46.3 Å². The molecule has 1 atom stereocenters. The van der Waals surface area contributed by atoms with Crippen LogP contribution in [0.15, 0.2) is 64.5 Å². The van der Waals surface area contributed by atoms with Crippen LogP contribution in [0.4, 0.5) is 11.6 Å². The van der Waals surface area contributed by atoms with E-state index in [4.69, 9.17) is 0 Å². The zero-order valence-corrected chi connectivity index (χ0v) is 22.0. The fraction of sp³-hybridized carbons (Fsp3) is 0.357. The summed E-state index contributed by atoms with van der Waals surface area (Å²) in [5.74, 6) is 0.947. The van der Waals surface area contributed by atoms with Crippen LogP contribution in [0.2, 0.25) is 0 Å². The second-order valence-corrected chi connectivity index (χ2v) is 12.2. The smallest absolute Gasteiger partial charge is 0.261 e. The average Bonchev–Trinajstić information content (AvgIpc) is 3.81. The van der Waals surface area contributed by atoms with E-state index < -0.39 is 9.84 Å². The van der Waals surface area contributed by atoms with E-state index in [9.17, 15) is 13.2 Å². The molecule has 1 aliphatic heterocycles. The molecule has 0 amide bonds. The highest BCUT2D eigenvalue weighted by Gasteiger charge is 2.37. The van der Waals surface area contributed by atoms with Gasteiger partial charge in [0.2, 0.25) is 5.95 Å². The minimum absolute atomic E-state index is 0.197. The monoisotopic (exact) mass is 530 g/mol. The molecule has 0 spiro atoms. The number of piperidine rings is 1. The number of anilines is 2. The zero-order chi connectivity index (χ0) is 26.3. The van der Waals surface area contributed by atoms with Crippen LogP contribution in [0.1, 0.15) is 44.1 Å². The molecule has 38 heavy (non-hydrogen) atoms. The van der Waals surface area contributed by atoms with E-state index in [-0.39, 0.29) is 15.7 Å². The van der Waals surface area contributed by atoms with Crippen molar-refractivity contribution in [3.63, 3.8) is 0 Å². The van der Waals surface area contributed by atoms with Gasteiger partial charge in [0.1, 0.15) is 5.65 Å². The van der Waals surface area contributed by atoms with Gasteiger partial charge < -0.3 is 10.6 Å². The van der Waals surface area contributed by atoms with Gasteiger partial charge in [-0.2, -0.15) is 4.98 Å². The van der Waals surface area contributed by atoms with Gasteiger partial charge in [-0.1, -0.05) is 12.1 Å². The maximum Gasteiger partial charge on any atom is 0.261 e. The Morgan fingerprint density at radius 2 is 1.87 bits per heavy atom. The molecule has 3 aromatic heterocycles. The van der Waals surface area contributed by atoms with E-state index in [1.54, 1.807) is 22.9 Å². The highest BCUT2D eigenvalue weighted by molar-refractivity contribution is 7.92. The molecule has 1 unspecified atom stereocenters. The minimum atomic E-state index is -3.34. The Morgan fingerprint density at radius 3 is 2.53 bits per heavy atom. The largest absolute Gasteiger partial charge is 0.324 e. The second kappa shape index (κ2) is 9.92. The van der Waals surface area contributed by atoms with Crippen molar-refractivity contribution in [1.29, 1.82) is 0 Å². The molecule has 0 bridgehead atoms. The number of rotatable bonds is 7. The Hall–Kier alpha value is -3.63. The molecular formula is C28H30N6O3S. The summed E-state index contributed by atoms with van der Waals surface area (Å²) in [5, 5.41) is 7.11. The number of nitrogens with one attached hydrogen (secondary N) is 2. The van der Waals surface area contributed by atoms with Crippen molar-refractivity contribution in [1.82, 2.24) is 24.8 Å². The summed E-state index contributed by atoms with van der Waals surface area (Å²) >= 11 is 0. The SMILES string of the molecule is CCn1c(=O)c(-c2ccc(S(=O)(=O)C3CC3)cn2)cc2cnc(Nc3ccc(C4CCCNC4)cc3)nc21. The Kier molecular flexibility index (Phi) is 6.45. The van der Waals surface area contributed by atoms with Crippen molar-refractivity contribution >= 4 is 32.5 Å². The molecule has 9 nitrogen and oxygen atoms in total. The number of nitrogens with zero attached hydrogens (tertiary/aromatic N) is 4. The normalized spacial score (nSPS) is 18.0. The van der Waals surface area contributed by atoms with Gasteiger partial charge in [0.25, 0.3) is 5.56 Å². The number of hydrogen-bond acceptors (Lipinski definition) is 8. The van der Waals surface area contributed by atoms with Crippen molar-refractivity contribution in [2.75, 3.05) is 18.4 Å². The van der Waals surface area contributed by atoms with Crippen LogP contribution < -0.4 is 16.2 Å². The lowest BCUT2D eigenvalue weighted by atomic mass is 9.92. The molecular weight excluding hydrogens is 500 g/mol. The van der Waals surface area contributed by atoms with E-state index in [0.717, 1.165) is 18.8 Å². The number of hydrogen-bond donors (Lipinski definition) is 2. The van der Waals surface area contributed by atoms with Crippen molar-refractivity contribution in [3.8, 4) is 11.3 Å². The Morgan fingerprint density at radius 1 is 1.05 bits per heavy atom. The first kappa shape index (κ1) is 24.7. The lowest BCUT2D eigenvalue weighted by Crippen LogP contribution is -2.28. The molecule has 6 rings (SSSR count). The second-order valence-electron chi connectivity index (χ2n) is 9.99. The summed E-state index contributed by atoms with van der Waals surface area (Å²) in [6, 6.07) is 13.2. The minimum Gasteiger partial charge on any atom is -0.324 e. The molecule has 4 aromatic rings. The van der Waals surface area contributed by atoms with Crippen molar-refractivity contribution < 1.29 is 8.42 Å². The molecule has 2 fully saturated rings. The molecule has 196 valence electrons. The summed E-state index contributed by atoms with van der Waals surface area (Å²) in [4.78, 5) is 27.1. The molecule has 1 aromatic carbocycles. The summed E-state index contributed by atoms with van der Waals surface area (Å²) in [6.07, 6.45) is 6.81. The predicted molar refractivity (Wildman–Crippen MR) is 147 cm³/mol. The van der Waals surface area contributed by atoms with Crippen LogP contribution >= 0.6 is 0 Å². The van der Waals surface area contributed by atoms with Gasteiger partial charge in [-0.05, 0) is 81.0 Å². The summed E-state index contributed by atoms with van der Waals surface area (Å²) in [5.41, 5.74) is 3.29. The topological polar surface area (TPSA) is 119 Å². The first-order valence-corrected chi connectivity index (χ1v) is 14.7. The molecule has 4 heterocycles. The summed E-state index contributed by atoms with van der Waals surface area (Å²) < 4.78 is 26.6. The fourth-order valence-electron chi connectivity index (χ4n) is 5.08. The summed E-state index contributed by atoms with van der Waals surface area (Å²) in [7, 11) is -3.34. The van der Waals surface area contributed by atoms with E-state index in [1.807, 2.05) is 19.1 Å². The van der Waals surface area contributed by atoms with Gasteiger partial charge in [-0.25, -0.2) is 13.4 Å². The van der Waals surface area contributed by atoms with Crippen LogP contribution in [-0.2, 0) is 16.4 Å². The quantitative estimate of drug-likeness (QED) is 0.368. The van der Waals surface area contributed by atoms with Gasteiger partial charge in [0.05, 0.1) is 21.4 Å². The van der Waals surface area contributed by atoms with E-state index >= 15 is 0 Å². The third-order valence-corrected chi connectivity index (χ3v) is 9.63. The molecule has 1 saturated carbocycles. The molecule has 0 radical (unpaired) electrons. The number of aryl methyl sites for hydroxylation is 1. The third-order valence-electron chi connectivity index (χ3n) is 7.38. The Labute approximate surface area is 221 Å². The number of aromatic nitrogens is 4. The fourth-order valence-corrected chi connectivity index (χ4v) is 6.68. The van der Waals surface area contributed by atoms with Gasteiger partial charge in [0, 0.05) is 36.6 Å². The first-order chi connectivity index (χ1) is 18.4. The average molecular weight is 531 g/mol. The lowest BCUT2D eigenvalue weighted by molar-refractivity contribution is 0.461. The molecule has 10 heteroatoms. The lowest BCUT2D eigenvalue weighted by Gasteiger charge is -2.23. The van der Waals surface area contributed by atoms with Crippen molar-refractivity contribution in [3.05, 3.63) is 70.8 Å². The highest BCUT2D eigenvalue weighted by atomic mass is 32.2. The Balaban J connectivity index is 1.28. The number of benzene rings is 1. The van der Waals surface area contributed by atoms with Crippen molar-refractivity contribution in [2.45, 2.75) is 55.2 Å². The first-order valence-electron chi connectivity index (χ1n) is 13.1. The molecule has 1 aliphatic carbocycles. The van der Waals surface area contributed by atoms with Crippen LogP contribution in [0.25, 0.3) is 22.3 Å². The highest BCUT2D eigenvalue weighted by Crippen LogP contribution is 2.33. The zero-order valence-electron chi connectivity index (χ0n) is 21.2. The van der Waals surface area contributed by atoms with Crippen molar-refractivity contribution in [2.24, 2.45) is 0 Å². The van der Waals surface area contributed by atoms with E-state index in [0.29, 0.717) is 53.5 Å². The van der Waals surface area contributed by atoms with E-state index in [1.165, 1.54) is 30.7 Å². The number of sulfone groups is 1. The van der Waals surface area contributed by atoms with Gasteiger partial charge in [-0.3, -0.25) is 14.3 Å². The summed E-state index contributed by atoms with van der Waals surface area (Å²) in [6.45, 7) is 4.40. The van der Waals surface area contributed by atoms with Crippen LogP contribution in [0, 0.1) is 0 Å². The standard InChI is InChI=1S/C28H30N6O3S/c1-2-34-26-20(14-24(27(34)35)25-12-11-23(17-30-25)38(36,37)22-9-10-22)16-31-28(33-26)32-21-7-5-18(6-8-21)19-4-3-13-29-15-19/h5-8,11-12,14,16-17,19,22,29H,2-4,9-10,13,15H2,1H3,(H,31,32,33). The number of fused-ring (bicyclic) bond motifs is 1. The van der Waals surface area contributed by atoms with Gasteiger partial charge in [-0.15, -0.1) is 0 Å². The molecule has 1 saturated heterocycles. The van der Waals surface area contributed by atoms with Crippen LogP contribution in [0.3, 0.4) is 0 Å². The van der Waals surface area contributed by atoms with Gasteiger partial charge in [0.15, 0.2) is 9.84 Å². The molecule has 2 aliphatic rings. The molecule has 2 N–H and O–H groups in total. The third kappa shape index (κ3) is 4.69. The predicted octanol–water partition coefficient (Wildman–Crippen LogP) is 4.02. The van der Waals surface area contributed by atoms with Gasteiger partial charge >= 0.3 is 0 Å². The van der Waals surface area contributed by atoms with E-state index in [2.05, 4.69) is 37.7 Å². The number of pyridine rings is 2. The maximum atomic E-state index is 13.4.